The van der Waals surface area contributed by atoms with E-state index in [9.17, 15) is 4.79 Å². The normalized spacial score (nSPS) is 10.6. The van der Waals surface area contributed by atoms with Gasteiger partial charge >= 0.3 is 5.97 Å². The summed E-state index contributed by atoms with van der Waals surface area (Å²) in [6, 6.07) is 11.4. The second-order valence-electron chi connectivity index (χ2n) is 5.25. The summed E-state index contributed by atoms with van der Waals surface area (Å²) in [6.45, 7) is 0.229. The number of carbonyl (C=O) groups excluding carboxylic acids is 1. The number of methoxy groups -OCH3 is 3. The van der Waals surface area contributed by atoms with E-state index in [0.29, 0.717) is 17.2 Å². The van der Waals surface area contributed by atoms with Gasteiger partial charge in [-0.05, 0) is 47.7 Å². The fourth-order valence-corrected chi connectivity index (χ4v) is 2.69. The molecule has 138 valence electrons. The molecule has 0 atom stereocenters. The Morgan fingerprint density at radius 2 is 1.62 bits per heavy atom. The average molecular weight is 374 g/mol. The number of hydrogen-bond acceptors (Lipinski definition) is 6. The molecule has 0 aliphatic rings. The lowest BCUT2D eigenvalue weighted by Crippen LogP contribution is -2.00. The van der Waals surface area contributed by atoms with Crippen LogP contribution >= 0.6 is 11.8 Å². The molecule has 0 fully saturated rings. The standard InChI is InChI=1S/C20H22O5S/c1-22-17-11-15(12-18(23-2)20(17)24-3)7-10-19(21)25-13-14-5-8-16(26-4)9-6-14/h5-12H,13H2,1-4H3/b10-7+. The molecule has 0 aromatic heterocycles. The highest BCUT2D eigenvalue weighted by molar-refractivity contribution is 7.98. The van der Waals surface area contributed by atoms with Crippen molar-refractivity contribution in [3.05, 3.63) is 53.6 Å². The van der Waals surface area contributed by atoms with Gasteiger partial charge in [0.05, 0.1) is 21.3 Å². The van der Waals surface area contributed by atoms with Crippen LogP contribution in [0.5, 0.6) is 17.2 Å². The molecular weight excluding hydrogens is 352 g/mol. The smallest absolute Gasteiger partial charge is 0.331 e. The van der Waals surface area contributed by atoms with Gasteiger partial charge in [-0.25, -0.2) is 4.79 Å². The van der Waals surface area contributed by atoms with Crippen molar-refractivity contribution in [3.63, 3.8) is 0 Å². The lowest BCUT2D eigenvalue weighted by molar-refractivity contribution is -0.138. The van der Waals surface area contributed by atoms with Gasteiger partial charge in [-0.2, -0.15) is 0 Å². The summed E-state index contributed by atoms with van der Waals surface area (Å²) in [5.41, 5.74) is 1.68. The number of benzene rings is 2. The molecule has 2 aromatic carbocycles. The highest BCUT2D eigenvalue weighted by Crippen LogP contribution is 2.38. The minimum atomic E-state index is -0.423. The SMILES string of the molecule is COc1cc(/C=C/C(=O)OCc2ccc(SC)cc2)cc(OC)c1OC. The second kappa shape index (κ2) is 9.77. The molecule has 0 saturated heterocycles. The molecule has 26 heavy (non-hydrogen) atoms. The number of esters is 1. The zero-order valence-corrected chi connectivity index (χ0v) is 16.1. The van der Waals surface area contributed by atoms with Crippen molar-refractivity contribution >= 4 is 23.8 Å². The first-order chi connectivity index (χ1) is 12.6. The predicted molar refractivity (Wildman–Crippen MR) is 103 cm³/mol. The molecule has 2 aromatic rings. The van der Waals surface area contributed by atoms with Crippen molar-refractivity contribution in [1.29, 1.82) is 0 Å². The van der Waals surface area contributed by atoms with Gasteiger partial charge in [0.25, 0.3) is 0 Å². The Kier molecular flexibility index (Phi) is 7.41. The monoisotopic (exact) mass is 374 g/mol. The van der Waals surface area contributed by atoms with E-state index in [-0.39, 0.29) is 6.61 Å². The van der Waals surface area contributed by atoms with Crippen molar-refractivity contribution in [2.45, 2.75) is 11.5 Å². The molecule has 5 nitrogen and oxygen atoms in total. The van der Waals surface area contributed by atoms with Crippen LogP contribution in [0, 0.1) is 0 Å². The van der Waals surface area contributed by atoms with Crippen LogP contribution in [0.1, 0.15) is 11.1 Å². The van der Waals surface area contributed by atoms with Crippen LogP contribution in [0.25, 0.3) is 6.08 Å². The van der Waals surface area contributed by atoms with E-state index < -0.39 is 5.97 Å². The van der Waals surface area contributed by atoms with Gasteiger partial charge in [0.1, 0.15) is 6.61 Å². The Balaban J connectivity index is 2.02. The van der Waals surface area contributed by atoms with E-state index in [4.69, 9.17) is 18.9 Å². The third-order valence-corrected chi connectivity index (χ3v) is 4.38. The summed E-state index contributed by atoms with van der Waals surface area (Å²) in [6.07, 6.45) is 5.03. The summed E-state index contributed by atoms with van der Waals surface area (Å²) in [4.78, 5) is 13.1. The van der Waals surface area contributed by atoms with Crippen LogP contribution in [0.3, 0.4) is 0 Å². The molecular formula is C20H22O5S. The molecule has 0 aliphatic heterocycles. The fourth-order valence-electron chi connectivity index (χ4n) is 2.29. The predicted octanol–water partition coefficient (Wildman–Crippen LogP) is 4.19. The maximum atomic E-state index is 11.9. The van der Waals surface area contributed by atoms with Crippen molar-refractivity contribution < 1.29 is 23.7 Å². The Bertz CT molecular complexity index is 743. The van der Waals surface area contributed by atoms with Gasteiger partial charge in [0.15, 0.2) is 11.5 Å². The molecule has 6 heteroatoms. The minimum Gasteiger partial charge on any atom is -0.493 e. The first-order valence-electron chi connectivity index (χ1n) is 7.89. The third kappa shape index (κ3) is 5.20. The molecule has 0 saturated carbocycles. The molecule has 0 heterocycles. The van der Waals surface area contributed by atoms with Gasteiger partial charge in [-0.15, -0.1) is 11.8 Å². The van der Waals surface area contributed by atoms with Crippen molar-refractivity contribution in [2.24, 2.45) is 0 Å². The van der Waals surface area contributed by atoms with Crippen LogP contribution in [0.15, 0.2) is 47.4 Å². The lowest BCUT2D eigenvalue weighted by Gasteiger charge is -2.12. The van der Waals surface area contributed by atoms with Gasteiger partial charge < -0.3 is 18.9 Å². The summed E-state index contributed by atoms with van der Waals surface area (Å²) >= 11 is 1.67. The Hall–Kier alpha value is -2.60. The molecule has 0 amide bonds. The second-order valence-corrected chi connectivity index (χ2v) is 6.13. The van der Waals surface area contributed by atoms with Gasteiger partial charge in [-0.1, -0.05) is 12.1 Å². The van der Waals surface area contributed by atoms with Crippen LogP contribution in [-0.4, -0.2) is 33.6 Å². The van der Waals surface area contributed by atoms with E-state index >= 15 is 0 Å². The minimum absolute atomic E-state index is 0.229. The maximum Gasteiger partial charge on any atom is 0.331 e. The first-order valence-corrected chi connectivity index (χ1v) is 9.11. The van der Waals surface area contributed by atoms with Crippen molar-refractivity contribution in [2.75, 3.05) is 27.6 Å². The summed E-state index contributed by atoms with van der Waals surface area (Å²) in [5, 5.41) is 0. The van der Waals surface area contributed by atoms with Crippen LogP contribution in [0.4, 0.5) is 0 Å². The highest BCUT2D eigenvalue weighted by atomic mass is 32.2. The number of hydrogen-bond donors (Lipinski definition) is 0. The van der Waals surface area contributed by atoms with E-state index in [1.165, 1.54) is 11.0 Å². The van der Waals surface area contributed by atoms with E-state index in [1.54, 1.807) is 51.3 Å². The topological polar surface area (TPSA) is 54.0 Å². The number of rotatable bonds is 8. The molecule has 0 spiro atoms. The number of thioether (sulfide) groups is 1. The zero-order chi connectivity index (χ0) is 18.9. The van der Waals surface area contributed by atoms with Crippen LogP contribution in [-0.2, 0) is 16.1 Å². The average Bonchev–Trinajstić information content (AvgIpc) is 2.69. The lowest BCUT2D eigenvalue weighted by atomic mass is 10.1. The highest BCUT2D eigenvalue weighted by Gasteiger charge is 2.12. The molecule has 0 N–H and O–H groups in total. The van der Waals surface area contributed by atoms with Gasteiger partial charge in [0, 0.05) is 11.0 Å². The zero-order valence-electron chi connectivity index (χ0n) is 15.3. The van der Waals surface area contributed by atoms with Gasteiger partial charge in [-0.3, -0.25) is 0 Å². The van der Waals surface area contributed by atoms with Gasteiger partial charge in [0.2, 0.25) is 5.75 Å². The van der Waals surface area contributed by atoms with E-state index in [1.807, 2.05) is 30.5 Å². The molecule has 0 unspecified atom stereocenters. The summed E-state index contributed by atoms with van der Waals surface area (Å²) in [5.74, 6) is 1.12. The molecule has 0 radical (unpaired) electrons. The Morgan fingerprint density at radius 3 is 2.12 bits per heavy atom. The maximum absolute atomic E-state index is 11.9. The molecule has 2 rings (SSSR count). The Labute approximate surface area is 157 Å². The largest absolute Gasteiger partial charge is 0.493 e. The number of carbonyl (C=O) groups is 1. The third-order valence-electron chi connectivity index (χ3n) is 3.64. The van der Waals surface area contributed by atoms with Crippen LogP contribution in [0.2, 0.25) is 0 Å². The number of ether oxygens (including phenoxy) is 4. The van der Waals surface area contributed by atoms with Crippen molar-refractivity contribution in [3.8, 4) is 17.2 Å². The summed E-state index contributed by atoms with van der Waals surface area (Å²) in [7, 11) is 4.63. The Morgan fingerprint density at radius 1 is 1.00 bits per heavy atom. The molecule has 0 bridgehead atoms. The van der Waals surface area contributed by atoms with E-state index in [2.05, 4.69) is 0 Å². The fraction of sp³-hybridized carbons (Fsp3) is 0.250. The van der Waals surface area contributed by atoms with Crippen molar-refractivity contribution in [1.82, 2.24) is 0 Å². The quantitative estimate of drug-likeness (QED) is 0.392. The summed E-state index contributed by atoms with van der Waals surface area (Å²) < 4.78 is 21.1. The van der Waals surface area contributed by atoms with E-state index in [0.717, 1.165) is 11.1 Å². The molecule has 0 aliphatic carbocycles. The van der Waals surface area contributed by atoms with Crippen LogP contribution < -0.4 is 14.2 Å². The first kappa shape index (κ1) is 19.7.